The predicted molar refractivity (Wildman–Crippen MR) is 93.9 cm³/mol. The SMILES string of the molecule is CC(C)N(C[C@H]1CCCN1C(=O)CCl)C(=O)OCc1ccccc1. The van der Waals surface area contributed by atoms with Crippen LogP contribution in [0.5, 0.6) is 0 Å². The predicted octanol–water partition coefficient (Wildman–Crippen LogP) is 3.26. The standard InChI is InChI=1S/C18H25ClN2O3/c1-14(2)21(12-16-9-6-10-20(16)17(22)11-19)18(23)24-13-15-7-4-3-5-8-15/h3-5,7-8,14,16H,6,9-13H2,1-2H3/t16-/m1/s1. The van der Waals surface area contributed by atoms with E-state index < -0.39 is 0 Å². The van der Waals surface area contributed by atoms with Gasteiger partial charge < -0.3 is 14.5 Å². The van der Waals surface area contributed by atoms with E-state index in [-0.39, 0.29) is 36.6 Å². The number of ether oxygens (including phenoxy) is 1. The number of hydrogen-bond acceptors (Lipinski definition) is 3. The lowest BCUT2D eigenvalue weighted by atomic mass is 10.2. The van der Waals surface area contributed by atoms with Gasteiger partial charge in [-0.25, -0.2) is 4.79 Å². The molecule has 6 heteroatoms. The lowest BCUT2D eigenvalue weighted by Crippen LogP contribution is -2.48. The molecular weight excluding hydrogens is 328 g/mol. The van der Waals surface area contributed by atoms with Crippen LogP contribution in [0.15, 0.2) is 30.3 Å². The number of rotatable bonds is 6. The van der Waals surface area contributed by atoms with Crippen molar-refractivity contribution in [3.8, 4) is 0 Å². The number of alkyl halides is 1. The van der Waals surface area contributed by atoms with Gasteiger partial charge in [-0.15, -0.1) is 11.6 Å². The fourth-order valence-electron chi connectivity index (χ4n) is 2.96. The maximum Gasteiger partial charge on any atom is 0.410 e. The van der Waals surface area contributed by atoms with E-state index in [1.54, 1.807) is 9.80 Å². The van der Waals surface area contributed by atoms with Crippen LogP contribution in [-0.4, -0.2) is 52.9 Å². The molecule has 0 radical (unpaired) electrons. The average molecular weight is 353 g/mol. The van der Waals surface area contributed by atoms with Crippen molar-refractivity contribution in [3.05, 3.63) is 35.9 Å². The van der Waals surface area contributed by atoms with Gasteiger partial charge in [-0.3, -0.25) is 4.79 Å². The molecule has 2 amide bonds. The summed E-state index contributed by atoms with van der Waals surface area (Å²) in [5, 5.41) is 0. The quantitative estimate of drug-likeness (QED) is 0.738. The van der Waals surface area contributed by atoms with Crippen molar-refractivity contribution in [2.75, 3.05) is 19.0 Å². The molecule has 1 heterocycles. The highest BCUT2D eigenvalue weighted by molar-refractivity contribution is 6.27. The Labute approximate surface area is 148 Å². The molecule has 1 aliphatic heterocycles. The minimum absolute atomic E-state index is 0.00169. The molecule has 5 nitrogen and oxygen atoms in total. The van der Waals surface area contributed by atoms with Crippen LogP contribution in [0.4, 0.5) is 4.79 Å². The van der Waals surface area contributed by atoms with Gasteiger partial charge in [0.05, 0.1) is 0 Å². The summed E-state index contributed by atoms with van der Waals surface area (Å²) in [5.74, 6) is -0.0862. The first-order chi connectivity index (χ1) is 11.5. The molecule has 0 aliphatic carbocycles. The number of benzene rings is 1. The fraction of sp³-hybridized carbons (Fsp3) is 0.556. The Kier molecular flexibility index (Phi) is 6.91. The summed E-state index contributed by atoms with van der Waals surface area (Å²) in [6.45, 7) is 5.34. The molecule has 132 valence electrons. The second kappa shape index (κ2) is 8.92. The minimum Gasteiger partial charge on any atom is -0.445 e. The fourth-order valence-corrected chi connectivity index (χ4v) is 3.11. The van der Waals surface area contributed by atoms with Crippen LogP contribution < -0.4 is 0 Å². The zero-order valence-electron chi connectivity index (χ0n) is 14.3. The van der Waals surface area contributed by atoms with E-state index in [0.717, 1.165) is 18.4 Å². The first-order valence-electron chi connectivity index (χ1n) is 8.35. The summed E-state index contributed by atoms with van der Waals surface area (Å²) in [5.41, 5.74) is 0.953. The summed E-state index contributed by atoms with van der Waals surface area (Å²) in [6, 6.07) is 9.61. The minimum atomic E-state index is -0.348. The second-order valence-corrected chi connectivity index (χ2v) is 6.57. The van der Waals surface area contributed by atoms with Gasteiger partial charge in [0.25, 0.3) is 0 Å². The number of halogens is 1. The molecule has 1 aromatic rings. The lowest BCUT2D eigenvalue weighted by molar-refractivity contribution is -0.129. The van der Waals surface area contributed by atoms with Gasteiger partial charge >= 0.3 is 6.09 Å². The molecule has 0 unspecified atom stereocenters. The molecule has 1 fully saturated rings. The summed E-state index contributed by atoms with van der Waals surface area (Å²) >= 11 is 5.68. The van der Waals surface area contributed by atoms with Crippen LogP contribution in [0.1, 0.15) is 32.3 Å². The normalized spacial score (nSPS) is 17.2. The molecule has 1 aromatic carbocycles. The summed E-state index contributed by atoms with van der Waals surface area (Å²) in [6.07, 6.45) is 1.48. The van der Waals surface area contributed by atoms with Crippen molar-refractivity contribution in [2.45, 2.75) is 45.4 Å². The Morgan fingerprint density at radius 2 is 2.04 bits per heavy atom. The van der Waals surface area contributed by atoms with Gasteiger partial charge in [0.2, 0.25) is 5.91 Å². The van der Waals surface area contributed by atoms with E-state index in [9.17, 15) is 9.59 Å². The molecule has 0 N–H and O–H groups in total. The molecular formula is C18H25ClN2O3. The van der Waals surface area contributed by atoms with Crippen molar-refractivity contribution in [3.63, 3.8) is 0 Å². The summed E-state index contributed by atoms with van der Waals surface area (Å²) in [7, 11) is 0. The third-order valence-electron chi connectivity index (χ3n) is 4.28. The zero-order valence-corrected chi connectivity index (χ0v) is 15.0. The number of nitrogens with zero attached hydrogens (tertiary/aromatic N) is 2. The first-order valence-corrected chi connectivity index (χ1v) is 8.89. The van der Waals surface area contributed by atoms with Crippen molar-refractivity contribution in [1.82, 2.24) is 9.80 Å². The van der Waals surface area contributed by atoms with Crippen molar-refractivity contribution in [2.24, 2.45) is 0 Å². The number of amides is 2. The van der Waals surface area contributed by atoms with Gasteiger partial charge in [-0.2, -0.15) is 0 Å². The molecule has 1 aliphatic rings. The Bertz CT molecular complexity index is 550. The first kappa shape index (κ1) is 18.6. The van der Waals surface area contributed by atoms with Crippen LogP contribution >= 0.6 is 11.6 Å². The molecule has 0 spiro atoms. The van der Waals surface area contributed by atoms with E-state index in [2.05, 4.69) is 0 Å². The summed E-state index contributed by atoms with van der Waals surface area (Å²) in [4.78, 5) is 27.9. The van der Waals surface area contributed by atoms with Crippen LogP contribution in [0.2, 0.25) is 0 Å². The highest BCUT2D eigenvalue weighted by atomic mass is 35.5. The Morgan fingerprint density at radius 1 is 1.33 bits per heavy atom. The number of likely N-dealkylation sites (tertiary alicyclic amines) is 1. The molecule has 0 aromatic heterocycles. The van der Waals surface area contributed by atoms with E-state index in [1.807, 2.05) is 44.2 Å². The van der Waals surface area contributed by atoms with Crippen molar-refractivity contribution in [1.29, 1.82) is 0 Å². The molecule has 24 heavy (non-hydrogen) atoms. The summed E-state index contributed by atoms with van der Waals surface area (Å²) < 4.78 is 5.44. The average Bonchev–Trinajstić information content (AvgIpc) is 3.05. The molecule has 1 atom stereocenters. The van der Waals surface area contributed by atoms with Crippen LogP contribution in [-0.2, 0) is 16.1 Å². The molecule has 1 saturated heterocycles. The maximum absolute atomic E-state index is 12.5. The van der Waals surface area contributed by atoms with Crippen LogP contribution in [0.25, 0.3) is 0 Å². The van der Waals surface area contributed by atoms with Crippen molar-refractivity contribution < 1.29 is 14.3 Å². The topological polar surface area (TPSA) is 49.9 Å². The third-order valence-corrected chi connectivity index (χ3v) is 4.51. The molecule has 2 rings (SSSR count). The number of hydrogen-bond donors (Lipinski definition) is 0. The van der Waals surface area contributed by atoms with Gasteiger partial charge in [0.15, 0.2) is 0 Å². The second-order valence-electron chi connectivity index (χ2n) is 6.30. The monoisotopic (exact) mass is 352 g/mol. The zero-order chi connectivity index (χ0) is 17.5. The van der Waals surface area contributed by atoms with Gasteiger partial charge in [0, 0.05) is 25.2 Å². The Balaban J connectivity index is 1.95. The number of carbonyl (C=O) groups excluding carboxylic acids is 2. The van der Waals surface area contributed by atoms with Gasteiger partial charge in [-0.05, 0) is 32.3 Å². The van der Waals surface area contributed by atoms with Crippen LogP contribution in [0, 0.1) is 0 Å². The van der Waals surface area contributed by atoms with E-state index in [4.69, 9.17) is 16.3 Å². The van der Waals surface area contributed by atoms with Crippen LogP contribution in [0.3, 0.4) is 0 Å². The van der Waals surface area contributed by atoms with E-state index in [0.29, 0.717) is 13.1 Å². The van der Waals surface area contributed by atoms with Gasteiger partial charge in [-0.1, -0.05) is 30.3 Å². The molecule has 0 saturated carbocycles. The smallest absolute Gasteiger partial charge is 0.410 e. The highest BCUT2D eigenvalue weighted by Gasteiger charge is 2.32. The van der Waals surface area contributed by atoms with Crippen molar-refractivity contribution >= 4 is 23.6 Å². The Morgan fingerprint density at radius 3 is 2.67 bits per heavy atom. The largest absolute Gasteiger partial charge is 0.445 e. The lowest BCUT2D eigenvalue weighted by Gasteiger charge is -2.32. The molecule has 0 bridgehead atoms. The highest BCUT2D eigenvalue weighted by Crippen LogP contribution is 2.20. The maximum atomic E-state index is 12.5. The third kappa shape index (κ3) is 4.87. The van der Waals surface area contributed by atoms with Gasteiger partial charge in [0.1, 0.15) is 12.5 Å². The number of carbonyl (C=O) groups is 2. The Hall–Kier alpha value is -1.75. The van der Waals surface area contributed by atoms with E-state index >= 15 is 0 Å². The van der Waals surface area contributed by atoms with E-state index in [1.165, 1.54) is 0 Å².